The third kappa shape index (κ3) is 4.04. The molecule has 128 valence electrons. The zero-order valence-electron chi connectivity index (χ0n) is 15.3. The van der Waals surface area contributed by atoms with E-state index >= 15 is 0 Å². The molecular formula is C22H30OSi. The molecule has 0 spiro atoms. The first-order chi connectivity index (χ1) is 11.6. The topological polar surface area (TPSA) is 17.1 Å². The van der Waals surface area contributed by atoms with Crippen LogP contribution < -0.4 is 10.4 Å². The van der Waals surface area contributed by atoms with Crippen LogP contribution in [-0.4, -0.2) is 13.9 Å². The van der Waals surface area contributed by atoms with E-state index in [1.807, 2.05) is 0 Å². The molecule has 24 heavy (non-hydrogen) atoms. The van der Waals surface area contributed by atoms with Crippen molar-refractivity contribution in [1.82, 2.24) is 0 Å². The lowest BCUT2D eigenvalue weighted by molar-refractivity contribution is -0.119. The maximum absolute atomic E-state index is 13.1. The average molecular weight is 339 g/mol. The van der Waals surface area contributed by atoms with Crippen molar-refractivity contribution >= 4 is 24.2 Å². The number of ketones is 1. The largest absolute Gasteiger partial charge is 0.300 e. The number of rotatable bonds is 9. The van der Waals surface area contributed by atoms with Gasteiger partial charge in [-0.2, -0.15) is 0 Å². The summed E-state index contributed by atoms with van der Waals surface area (Å²) in [6.45, 7) is 6.72. The lowest BCUT2D eigenvalue weighted by Crippen LogP contribution is -2.60. The summed E-state index contributed by atoms with van der Waals surface area (Å²) in [5.41, 5.74) is 0.169. The van der Waals surface area contributed by atoms with Crippen LogP contribution in [0.3, 0.4) is 0 Å². The predicted molar refractivity (Wildman–Crippen MR) is 107 cm³/mol. The van der Waals surface area contributed by atoms with Gasteiger partial charge >= 0.3 is 0 Å². The van der Waals surface area contributed by atoms with Gasteiger partial charge in [0.1, 0.15) is 13.9 Å². The second kappa shape index (κ2) is 8.98. The molecule has 1 atom stereocenters. The number of carbonyl (C=O) groups is 1. The molecule has 1 unspecified atom stereocenters. The number of carbonyl (C=O) groups excluding carboxylic acids is 1. The summed E-state index contributed by atoms with van der Waals surface area (Å²) in [5.74, 6) is 0.466. The summed E-state index contributed by atoms with van der Waals surface area (Å²) < 4.78 is 0. The van der Waals surface area contributed by atoms with Gasteiger partial charge in [0, 0.05) is 12.0 Å². The normalized spacial score (nSPS) is 12.8. The Morgan fingerprint density at radius 2 is 1.38 bits per heavy atom. The van der Waals surface area contributed by atoms with Gasteiger partial charge in [0.05, 0.1) is 0 Å². The molecule has 0 aliphatic rings. The fraction of sp³-hybridized carbons (Fsp3) is 0.409. The van der Waals surface area contributed by atoms with E-state index in [0.29, 0.717) is 12.2 Å². The van der Waals surface area contributed by atoms with E-state index < -0.39 is 8.07 Å². The molecule has 2 aromatic carbocycles. The van der Waals surface area contributed by atoms with Crippen LogP contribution in [0.4, 0.5) is 0 Å². The maximum atomic E-state index is 13.1. The first-order valence-corrected chi connectivity index (χ1v) is 11.9. The van der Waals surface area contributed by atoms with Gasteiger partial charge < -0.3 is 0 Å². The van der Waals surface area contributed by atoms with E-state index in [1.54, 1.807) is 0 Å². The molecule has 0 N–H and O–H groups in total. The monoisotopic (exact) mass is 338 g/mol. The first-order valence-electron chi connectivity index (χ1n) is 9.28. The van der Waals surface area contributed by atoms with Crippen LogP contribution in [0, 0.1) is 0 Å². The van der Waals surface area contributed by atoms with Gasteiger partial charge in [-0.1, -0.05) is 104 Å². The smallest absolute Gasteiger partial charge is 0.134 e. The SMILES string of the molecule is CCCCC(C(=O)CCC)[Si](C)(c1ccccc1)c1ccccc1. The van der Waals surface area contributed by atoms with Crippen molar-refractivity contribution in [3.05, 3.63) is 60.7 Å². The number of hydrogen-bond donors (Lipinski definition) is 0. The van der Waals surface area contributed by atoms with Crippen LogP contribution in [0.5, 0.6) is 0 Å². The van der Waals surface area contributed by atoms with Crippen molar-refractivity contribution in [2.75, 3.05) is 0 Å². The minimum Gasteiger partial charge on any atom is -0.300 e. The zero-order chi connectivity index (χ0) is 17.4. The van der Waals surface area contributed by atoms with Gasteiger partial charge in [0.25, 0.3) is 0 Å². The molecule has 0 bridgehead atoms. The van der Waals surface area contributed by atoms with Gasteiger partial charge in [0.15, 0.2) is 0 Å². The zero-order valence-corrected chi connectivity index (χ0v) is 16.3. The Balaban J connectivity index is 2.56. The fourth-order valence-corrected chi connectivity index (χ4v) is 8.22. The van der Waals surface area contributed by atoms with Crippen molar-refractivity contribution in [1.29, 1.82) is 0 Å². The average Bonchev–Trinajstić information content (AvgIpc) is 2.63. The number of Topliss-reactive ketones (excluding diaryl/α,β-unsaturated/α-hetero) is 1. The molecular weight excluding hydrogens is 308 g/mol. The number of unbranched alkanes of at least 4 members (excludes halogenated alkanes) is 1. The van der Waals surface area contributed by atoms with Crippen LogP contribution in [0.1, 0.15) is 46.0 Å². The summed E-state index contributed by atoms with van der Waals surface area (Å²) in [6, 6.07) is 21.5. The van der Waals surface area contributed by atoms with Crippen LogP contribution in [-0.2, 0) is 4.79 Å². The lowest BCUT2D eigenvalue weighted by atomic mass is 10.1. The van der Waals surface area contributed by atoms with Gasteiger partial charge in [-0.15, -0.1) is 0 Å². The van der Waals surface area contributed by atoms with Crippen LogP contribution in [0.15, 0.2) is 60.7 Å². The Hall–Kier alpha value is -1.67. The highest BCUT2D eigenvalue weighted by Gasteiger charge is 2.42. The Morgan fingerprint density at radius 3 is 1.79 bits per heavy atom. The second-order valence-electron chi connectivity index (χ2n) is 6.85. The van der Waals surface area contributed by atoms with E-state index in [-0.39, 0.29) is 5.54 Å². The van der Waals surface area contributed by atoms with Gasteiger partial charge in [-0.05, 0) is 12.8 Å². The first kappa shape index (κ1) is 18.7. The van der Waals surface area contributed by atoms with Crippen molar-refractivity contribution < 1.29 is 4.79 Å². The van der Waals surface area contributed by atoms with Crippen LogP contribution >= 0.6 is 0 Å². The Kier molecular flexibility index (Phi) is 6.98. The van der Waals surface area contributed by atoms with Crippen molar-refractivity contribution in [3.8, 4) is 0 Å². The molecule has 0 aliphatic carbocycles. The maximum Gasteiger partial charge on any atom is 0.134 e. The highest BCUT2D eigenvalue weighted by molar-refractivity contribution is 7.04. The molecule has 0 heterocycles. The van der Waals surface area contributed by atoms with Gasteiger partial charge in [-0.3, -0.25) is 4.79 Å². The van der Waals surface area contributed by atoms with Crippen molar-refractivity contribution in [3.63, 3.8) is 0 Å². The molecule has 2 rings (SSSR count). The summed E-state index contributed by atoms with van der Waals surface area (Å²) in [7, 11) is -2.12. The molecule has 0 radical (unpaired) electrons. The highest BCUT2D eigenvalue weighted by atomic mass is 28.3. The third-order valence-corrected chi connectivity index (χ3v) is 10.2. The molecule has 0 amide bonds. The number of benzene rings is 2. The van der Waals surface area contributed by atoms with E-state index in [1.165, 1.54) is 10.4 Å². The molecule has 0 saturated carbocycles. The Morgan fingerprint density at radius 1 is 0.875 bits per heavy atom. The van der Waals surface area contributed by atoms with Crippen molar-refractivity contribution in [2.24, 2.45) is 0 Å². The van der Waals surface area contributed by atoms with Crippen LogP contribution in [0.2, 0.25) is 12.1 Å². The van der Waals surface area contributed by atoms with E-state index in [9.17, 15) is 4.79 Å². The predicted octanol–water partition coefficient (Wildman–Crippen LogP) is 4.81. The summed E-state index contributed by atoms with van der Waals surface area (Å²) >= 11 is 0. The van der Waals surface area contributed by atoms with E-state index in [2.05, 4.69) is 81.1 Å². The highest BCUT2D eigenvalue weighted by Crippen LogP contribution is 2.30. The van der Waals surface area contributed by atoms with E-state index in [0.717, 1.165) is 25.7 Å². The minimum absolute atomic E-state index is 0.169. The fourth-order valence-electron chi connectivity index (χ4n) is 3.74. The van der Waals surface area contributed by atoms with Crippen LogP contribution in [0.25, 0.3) is 0 Å². The summed E-state index contributed by atoms with van der Waals surface area (Å²) in [4.78, 5) is 13.1. The molecule has 0 saturated heterocycles. The standard InChI is InChI=1S/C22H30OSi/c1-4-6-18-22(21(23)13-5-2)24(3,19-14-9-7-10-15-19)20-16-11-8-12-17-20/h7-12,14-17,22H,4-6,13,18H2,1-3H3. The quantitative estimate of drug-likeness (QED) is 0.600. The third-order valence-electron chi connectivity index (χ3n) is 5.18. The van der Waals surface area contributed by atoms with E-state index in [4.69, 9.17) is 0 Å². The second-order valence-corrected chi connectivity index (χ2v) is 11.1. The van der Waals surface area contributed by atoms with Crippen molar-refractivity contribution in [2.45, 2.75) is 58.0 Å². The van der Waals surface area contributed by atoms with Gasteiger partial charge in [0.2, 0.25) is 0 Å². The molecule has 2 heteroatoms. The lowest BCUT2D eigenvalue weighted by Gasteiger charge is -2.36. The molecule has 2 aromatic rings. The molecule has 1 nitrogen and oxygen atoms in total. The summed E-state index contributed by atoms with van der Waals surface area (Å²) in [5, 5.41) is 2.75. The molecule has 0 aromatic heterocycles. The number of hydrogen-bond acceptors (Lipinski definition) is 1. The summed E-state index contributed by atoms with van der Waals surface area (Å²) in [6.07, 6.45) is 4.93. The van der Waals surface area contributed by atoms with Gasteiger partial charge in [-0.25, -0.2) is 0 Å². The Labute approximate surface area is 148 Å². The molecule has 0 fully saturated rings. The molecule has 0 aliphatic heterocycles. The Bertz CT molecular complexity index is 581. The minimum atomic E-state index is -2.12.